The van der Waals surface area contributed by atoms with E-state index in [9.17, 15) is 0 Å². The van der Waals surface area contributed by atoms with Crippen LogP contribution >= 0.6 is 0 Å². The van der Waals surface area contributed by atoms with Crippen molar-refractivity contribution in [2.75, 3.05) is 13.3 Å². The summed E-state index contributed by atoms with van der Waals surface area (Å²) in [6.07, 6.45) is 1.27. The van der Waals surface area contributed by atoms with E-state index in [1.165, 1.54) is 6.42 Å². The summed E-state index contributed by atoms with van der Waals surface area (Å²) in [6.45, 7) is 6.23. The van der Waals surface area contributed by atoms with Crippen LogP contribution in [0, 0.1) is 0 Å². The molecule has 0 aromatic heterocycles. The predicted molar refractivity (Wildman–Crippen MR) is 38.3 cm³/mol. The van der Waals surface area contributed by atoms with E-state index in [2.05, 4.69) is 24.2 Å². The maximum atomic E-state index is 5.16. The Bertz CT molecular complexity index is 147. The van der Waals surface area contributed by atoms with E-state index in [4.69, 9.17) is 4.84 Å². The van der Waals surface area contributed by atoms with Crippen molar-refractivity contribution in [1.82, 2.24) is 10.4 Å². The van der Waals surface area contributed by atoms with Crippen LogP contribution in [0.1, 0.15) is 20.3 Å². The molecule has 3 heteroatoms. The highest BCUT2D eigenvalue weighted by Gasteiger charge is 2.47. The summed E-state index contributed by atoms with van der Waals surface area (Å²) in [6, 6.07) is 0.737. The Morgan fingerprint density at radius 3 is 3.00 bits per heavy atom. The molecule has 10 heavy (non-hydrogen) atoms. The third-order valence-corrected chi connectivity index (χ3v) is 2.68. The molecule has 58 valence electrons. The van der Waals surface area contributed by atoms with Gasteiger partial charge in [-0.15, -0.1) is 0 Å². The Morgan fingerprint density at radius 2 is 2.50 bits per heavy atom. The summed E-state index contributed by atoms with van der Waals surface area (Å²) in [5, 5.41) is 0. The van der Waals surface area contributed by atoms with Crippen LogP contribution in [0.3, 0.4) is 0 Å². The Balaban J connectivity index is 2.06. The fourth-order valence-corrected chi connectivity index (χ4v) is 2.09. The highest BCUT2D eigenvalue weighted by molar-refractivity contribution is 5.01. The van der Waals surface area contributed by atoms with Crippen LogP contribution in [-0.4, -0.2) is 29.8 Å². The average molecular weight is 142 g/mol. The Labute approximate surface area is 61.3 Å². The molecule has 0 radical (unpaired) electrons. The quantitative estimate of drug-likeness (QED) is 0.527. The molecule has 2 saturated heterocycles. The van der Waals surface area contributed by atoms with Crippen molar-refractivity contribution in [3.63, 3.8) is 0 Å². The Morgan fingerprint density at radius 1 is 1.70 bits per heavy atom. The van der Waals surface area contributed by atoms with Crippen molar-refractivity contribution >= 4 is 0 Å². The first kappa shape index (κ1) is 6.58. The molecular formula is C7H14N2O. The van der Waals surface area contributed by atoms with Gasteiger partial charge >= 0.3 is 0 Å². The van der Waals surface area contributed by atoms with Crippen LogP contribution in [-0.2, 0) is 4.84 Å². The molecule has 0 spiro atoms. The highest BCUT2D eigenvalue weighted by Crippen LogP contribution is 2.36. The summed E-state index contributed by atoms with van der Waals surface area (Å²) in [4.78, 5) is 7.60. The predicted octanol–water partition coefficient (Wildman–Crippen LogP) is 0.332. The third-order valence-electron chi connectivity index (χ3n) is 2.68. The smallest absolute Gasteiger partial charge is 0.0865 e. The SMILES string of the molecule is CC1CC2(C)CONCN12. The molecule has 3 nitrogen and oxygen atoms in total. The molecule has 1 N–H and O–H groups in total. The lowest BCUT2D eigenvalue weighted by atomic mass is 9.81. The van der Waals surface area contributed by atoms with E-state index in [1.54, 1.807) is 0 Å². The molecule has 0 aromatic carbocycles. The molecule has 2 aliphatic heterocycles. The number of nitrogens with one attached hydrogen (secondary N) is 1. The molecule has 2 atom stereocenters. The van der Waals surface area contributed by atoms with Crippen LogP contribution in [0.2, 0.25) is 0 Å². The minimum Gasteiger partial charge on any atom is -0.299 e. The molecule has 0 saturated carbocycles. The van der Waals surface area contributed by atoms with Crippen LogP contribution < -0.4 is 5.48 Å². The van der Waals surface area contributed by atoms with Crippen LogP contribution in [0.4, 0.5) is 0 Å². The molecule has 2 rings (SSSR count). The summed E-state index contributed by atoms with van der Waals surface area (Å²) in [5.41, 5.74) is 3.24. The lowest BCUT2D eigenvalue weighted by molar-refractivity contribution is -0.190. The summed E-state index contributed by atoms with van der Waals surface area (Å²) in [5.74, 6) is 0. The summed E-state index contributed by atoms with van der Waals surface area (Å²) >= 11 is 0. The average Bonchev–Trinajstić information content (AvgIpc) is 1.86. The number of hydrogen-bond donors (Lipinski definition) is 1. The van der Waals surface area contributed by atoms with E-state index in [-0.39, 0.29) is 0 Å². The number of rotatable bonds is 0. The largest absolute Gasteiger partial charge is 0.299 e. The first-order valence-electron chi connectivity index (χ1n) is 3.84. The zero-order valence-electron chi connectivity index (χ0n) is 6.55. The van der Waals surface area contributed by atoms with Gasteiger partial charge in [0.2, 0.25) is 0 Å². The molecular weight excluding hydrogens is 128 g/mol. The van der Waals surface area contributed by atoms with Gasteiger partial charge in [-0.05, 0) is 20.3 Å². The molecule has 2 fully saturated rings. The molecule has 0 bridgehead atoms. The van der Waals surface area contributed by atoms with Gasteiger partial charge in [-0.3, -0.25) is 9.74 Å². The number of nitrogens with zero attached hydrogens (tertiary/aromatic N) is 1. The fraction of sp³-hybridized carbons (Fsp3) is 1.00. The van der Waals surface area contributed by atoms with Gasteiger partial charge in [0, 0.05) is 11.6 Å². The second-order valence-corrected chi connectivity index (χ2v) is 3.61. The maximum absolute atomic E-state index is 5.16. The topological polar surface area (TPSA) is 24.5 Å². The van der Waals surface area contributed by atoms with Crippen LogP contribution in [0.5, 0.6) is 0 Å². The zero-order valence-corrected chi connectivity index (χ0v) is 6.55. The van der Waals surface area contributed by atoms with Gasteiger partial charge in [0.05, 0.1) is 13.3 Å². The van der Waals surface area contributed by atoms with E-state index in [0.29, 0.717) is 5.54 Å². The van der Waals surface area contributed by atoms with Crippen molar-refractivity contribution in [2.45, 2.75) is 31.8 Å². The molecule has 2 unspecified atom stereocenters. The van der Waals surface area contributed by atoms with Gasteiger partial charge in [0.1, 0.15) is 0 Å². The molecule has 2 aliphatic rings. The zero-order chi connectivity index (χ0) is 7.19. The van der Waals surface area contributed by atoms with Crippen molar-refractivity contribution in [1.29, 1.82) is 0 Å². The van der Waals surface area contributed by atoms with Gasteiger partial charge in [0.15, 0.2) is 0 Å². The van der Waals surface area contributed by atoms with Crippen molar-refractivity contribution < 1.29 is 4.84 Å². The van der Waals surface area contributed by atoms with Gasteiger partial charge < -0.3 is 0 Å². The van der Waals surface area contributed by atoms with Gasteiger partial charge in [-0.2, -0.15) is 5.48 Å². The van der Waals surface area contributed by atoms with Gasteiger partial charge in [0.25, 0.3) is 0 Å². The van der Waals surface area contributed by atoms with Gasteiger partial charge in [-0.1, -0.05) is 0 Å². The normalized spacial score (nSPS) is 48.0. The van der Waals surface area contributed by atoms with E-state index < -0.39 is 0 Å². The molecule has 0 amide bonds. The second kappa shape index (κ2) is 1.94. The van der Waals surface area contributed by atoms with Crippen molar-refractivity contribution in [3.05, 3.63) is 0 Å². The van der Waals surface area contributed by atoms with Crippen LogP contribution in [0.15, 0.2) is 0 Å². The van der Waals surface area contributed by atoms with E-state index in [1.807, 2.05) is 0 Å². The van der Waals surface area contributed by atoms with Crippen molar-refractivity contribution in [3.8, 4) is 0 Å². The first-order chi connectivity index (χ1) is 4.72. The molecule has 2 heterocycles. The minimum atomic E-state index is 0.338. The maximum Gasteiger partial charge on any atom is 0.0865 e. The first-order valence-corrected chi connectivity index (χ1v) is 3.84. The lowest BCUT2D eigenvalue weighted by Crippen LogP contribution is -2.70. The van der Waals surface area contributed by atoms with Crippen LogP contribution in [0.25, 0.3) is 0 Å². The molecule has 0 aliphatic carbocycles. The lowest BCUT2D eigenvalue weighted by Gasteiger charge is -2.57. The van der Waals surface area contributed by atoms with Crippen molar-refractivity contribution in [2.24, 2.45) is 0 Å². The summed E-state index contributed by atoms with van der Waals surface area (Å²) < 4.78 is 0. The number of hydroxylamine groups is 1. The van der Waals surface area contributed by atoms with E-state index >= 15 is 0 Å². The standard InChI is InChI=1S/C7H14N2O/c1-6-3-7(2)4-10-8-5-9(6)7/h6,8H,3-5H2,1-2H3. The Hall–Kier alpha value is -0.120. The number of hydrogen-bond acceptors (Lipinski definition) is 3. The van der Waals surface area contributed by atoms with E-state index in [0.717, 1.165) is 19.3 Å². The third kappa shape index (κ3) is 0.713. The Kier molecular flexibility index (Phi) is 1.27. The number of fused-ring (bicyclic) bond motifs is 1. The monoisotopic (exact) mass is 142 g/mol. The molecule has 0 aromatic rings. The highest BCUT2D eigenvalue weighted by atomic mass is 16.7. The minimum absolute atomic E-state index is 0.338. The van der Waals surface area contributed by atoms with Gasteiger partial charge in [-0.25, -0.2) is 0 Å². The summed E-state index contributed by atoms with van der Waals surface area (Å²) in [7, 11) is 0. The fourth-order valence-electron chi connectivity index (χ4n) is 2.09. The second-order valence-electron chi connectivity index (χ2n) is 3.61.